The number of sulfonamides is 2. The molecule has 0 radical (unpaired) electrons. The van der Waals surface area contributed by atoms with E-state index in [0.29, 0.717) is 19.4 Å². The minimum Gasteiger partial charge on any atom is -0.495 e. The molecule has 1 amide bonds. The highest BCUT2D eigenvalue weighted by atomic mass is 32.2. The fraction of sp³-hybridized carbons (Fsp3) is 0.435. The largest absolute Gasteiger partial charge is 0.495 e. The predicted molar refractivity (Wildman–Crippen MR) is 129 cm³/mol. The van der Waals surface area contributed by atoms with Gasteiger partial charge in [0.1, 0.15) is 10.6 Å². The molecule has 1 atom stereocenters. The van der Waals surface area contributed by atoms with Gasteiger partial charge in [0.05, 0.1) is 17.9 Å². The number of benzene rings is 2. The Morgan fingerprint density at radius 2 is 1.71 bits per heavy atom. The number of methoxy groups -OCH3 is 1. The van der Waals surface area contributed by atoms with E-state index in [1.807, 2.05) is 6.92 Å². The molecule has 2 N–H and O–H groups in total. The van der Waals surface area contributed by atoms with Crippen LogP contribution >= 0.6 is 0 Å². The van der Waals surface area contributed by atoms with E-state index in [4.69, 9.17) is 4.74 Å². The number of hydrogen-bond donors (Lipinski definition) is 2. The van der Waals surface area contributed by atoms with Gasteiger partial charge in [0, 0.05) is 26.2 Å². The van der Waals surface area contributed by atoms with Gasteiger partial charge in [-0.15, -0.1) is 0 Å². The summed E-state index contributed by atoms with van der Waals surface area (Å²) in [6.45, 7) is 4.17. The number of carbonyl (C=O) groups is 1. The molecule has 11 heteroatoms. The van der Waals surface area contributed by atoms with Crippen molar-refractivity contribution in [3.05, 3.63) is 53.6 Å². The highest BCUT2D eigenvalue weighted by molar-refractivity contribution is 7.89. The van der Waals surface area contributed by atoms with Crippen molar-refractivity contribution in [2.75, 3.05) is 33.3 Å². The van der Waals surface area contributed by atoms with Gasteiger partial charge in [-0.2, -0.15) is 4.31 Å². The van der Waals surface area contributed by atoms with E-state index in [9.17, 15) is 21.6 Å². The summed E-state index contributed by atoms with van der Waals surface area (Å²) in [5.74, 6) is -0.559. The summed E-state index contributed by atoms with van der Waals surface area (Å²) in [6.07, 6.45) is 1.10. The summed E-state index contributed by atoms with van der Waals surface area (Å²) in [6, 6.07) is 11.4. The molecule has 0 aliphatic carbocycles. The Morgan fingerprint density at radius 1 is 1.03 bits per heavy atom. The Balaban J connectivity index is 1.57. The lowest BCUT2D eigenvalue weighted by atomic mass is 9.99. The molecular weight excluding hydrogens is 478 g/mol. The van der Waals surface area contributed by atoms with Gasteiger partial charge in [0.15, 0.2) is 0 Å². The monoisotopic (exact) mass is 509 g/mol. The van der Waals surface area contributed by atoms with Gasteiger partial charge in [-0.25, -0.2) is 21.6 Å². The van der Waals surface area contributed by atoms with Crippen LogP contribution in [0.5, 0.6) is 5.75 Å². The fourth-order valence-corrected chi connectivity index (χ4v) is 6.61. The number of nitrogens with one attached hydrogen (secondary N) is 2. The summed E-state index contributed by atoms with van der Waals surface area (Å²) in [5, 5.41) is 2.72. The first kappa shape index (κ1) is 26.1. The second kappa shape index (κ2) is 10.9. The first-order chi connectivity index (χ1) is 16.0. The SMILES string of the molecule is COc1ccc(C)cc1S(=O)(=O)N1CCC[C@H](C(=O)NCCNS(=O)(=O)c2ccc(C)cc2)C1. The van der Waals surface area contributed by atoms with Gasteiger partial charge in [-0.05, 0) is 56.5 Å². The van der Waals surface area contributed by atoms with Crippen LogP contribution in [0.25, 0.3) is 0 Å². The molecule has 2 aromatic rings. The van der Waals surface area contributed by atoms with Crippen molar-refractivity contribution in [1.29, 1.82) is 0 Å². The van der Waals surface area contributed by atoms with Crippen LogP contribution in [0.4, 0.5) is 0 Å². The zero-order valence-corrected chi connectivity index (χ0v) is 21.2. The molecule has 0 saturated carbocycles. The van der Waals surface area contributed by atoms with Gasteiger partial charge in [-0.3, -0.25) is 4.79 Å². The Labute approximate surface area is 201 Å². The highest BCUT2D eigenvalue weighted by Crippen LogP contribution is 2.30. The maximum atomic E-state index is 13.3. The molecule has 0 aromatic heterocycles. The number of amides is 1. The van der Waals surface area contributed by atoms with E-state index >= 15 is 0 Å². The third-order valence-electron chi connectivity index (χ3n) is 5.74. The molecule has 0 unspecified atom stereocenters. The van der Waals surface area contributed by atoms with Gasteiger partial charge in [-0.1, -0.05) is 23.8 Å². The van der Waals surface area contributed by atoms with Crippen LogP contribution in [0.2, 0.25) is 0 Å². The number of hydrogen-bond acceptors (Lipinski definition) is 6. The Kier molecular flexibility index (Phi) is 8.34. The lowest BCUT2D eigenvalue weighted by molar-refractivity contribution is -0.126. The smallest absolute Gasteiger partial charge is 0.246 e. The maximum absolute atomic E-state index is 13.3. The third-order valence-corrected chi connectivity index (χ3v) is 9.10. The van der Waals surface area contributed by atoms with E-state index < -0.39 is 26.0 Å². The number of piperidine rings is 1. The molecule has 186 valence electrons. The van der Waals surface area contributed by atoms with Crippen molar-refractivity contribution in [2.24, 2.45) is 5.92 Å². The fourth-order valence-electron chi connectivity index (χ4n) is 3.82. The van der Waals surface area contributed by atoms with Crippen molar-refractivity contribution >= 4 is 26.0 Å². The molecular formula is C23H31N3O6S2. The standard InChI is InChI=1S/C23H31N3O6S2/c1-17-6-9-20(10-7-17)33(28,29)25-13-12-24-23(27)19-5-4-14-26(16-19)34(30,31)22-15-18(2)8-11-21(22)32-3/h6-11,15,19,25H,4-5,12-14,16H2,1-3H3,(H,24,27)/t19-/m0/s1. The van der Waals surface area contributed by atoms with Gasteiger partial charge in [0.2, 0.25) is 26.0 Å². The summed E-state index contributed by atoms with van der Waals surface area (Å²) in [5.41, 5.74) is 1.74. The Hall–Kier alpha value is -2.47. The quantitative estimate of drug-likeness (QED) is 0.497. The second-order valence-electron chi connectivity index (χ2n) is 8.36. The zero-order chi connectivity index (χ0) is 24.9. The van der Waals surface area contributed by atoms with Crippen LogP contribution in [0.15, 0.2) is 52.3 Å². The third kappa shape index (κ3) is 6.15. The van der Waals surface area contributed by atoms with Crippen molar-refractivity contribution in [1.82, 2.24) is 14.3 Å². The van der Waals surface area contributed by atoms with Crippen molar-refractivity contribution in [3.8, 4) is 5.75 Å². The maximum Gasteiger partial charge on any atom is 0.246 e. The van der Waals surface area contributed by atoms with Gasteiger partial charge in [0.25, 0.3) is 0 Å². The lowest BCUT2D eigenvalue weighted by Gasteiger charge is -2.31. The van der Waals surface area contributed by atoms with Crippen LogP contribution in [0, 0.1) is 19.8 Å². The first-order valence-corrected chi connectivity index (χ1v) is 14.0. The van der Waals surface area contributed by atoms with Gasteiger partial charge < -0.3 is 10.1 Å². The number of rotatable bonds is 9. The van der Waals surface area contributed by atoms with E-state index in [1.165, 1.54) is 23.5 Å². The number of nitrogens with zero attached hydrogens (tertiary/aromatic N) is 1. The summed E-state index contributed by atoms with van der Waals surface area (Å²) < 4.78 is 60.2. The molecule has 1 fully saturated rings. The van der Waals surface area contributed by atoms with Crippen LogP contribution < -0.4 is 14.8 Å². The molecule has 2 aromatic carbocycles. The highest BCUT2D eigenvalue weighted by Gasteiger charge is 2.34. The van der Waals surface area contributed by atoms with Crippen LogP contribution in [0.3, 0.4) is 0 Å². The molecule has 1 aliphatic rings. The molecule has 1 aliphatic heterocycles. The van der Waals surface area contributed by atoms with Crippen molar-refractivity contribution in [3.63, 3.8) is 0 Å². The first-order valence-electron chi connectivity index (χ1n) is 11.0. The van der Waals surface area contributed by atoms with Crippen molar-refractivity contribution < 1.29 is 26.4 Å². The summed E-state index contributed by atoms with van der Waals surface area (Å²) in [4.78, 5) is 12.9. The minimum atomic E-state index is -3.84. The molecule has 3 rings (SSSR count). The van der Waals surface area contributed by atoms with E-state index in [-0.39, 0.29) is 41.1 Å². The Bertz CT molecular complexity index is 1230. The average molecular weight is 510 g/mol. The van der Waals surface area contributed by atoms with E-state index in [0.717, 1.165) is 11.1 Å². The minimum absolute atomic E-state index is 0.0250. The molecule has 0 spiro atoms. The normalized spacial score (nSPS) is 17.3. The van der Waals surface area contributed by atoms with E-state index in [1.54, 1.807) is 37.3 Å². The molecule has 0 bridgehead atoms. The Morgan fingerprint density at radius 3 is 2.38 bits per heavy atom. The van der Waals surface area contributed by atoms with Gasteiger partial charge >= 0.3 is 0 Å². The molecule has 9 nitrogen and oxygen atoms in total. The lowest BCUT2D eigenvalue weighted by Crippen LogP contribution is -2.46. The van der Waals surface area contributed by atoms with Crippen LogP contribution in [-0.4, -0.2) is 60.3 Å². The summed E-state index contributed by atoms with van der Waals surface area (Å²) in [7, 11) is -6.08. The zero-order valence-electron chi connectivity index (χ0n) is 19.6. The molecule has 34 heavy (non-hydrogen) atoms. The summed E-state index contributed by atoms with van der Waals surface area (Å²) >= 11 is 0. The number of carbonyl (C=O) groups excluding carboxylic acids is 1. The van der Waals surface area contributed by atoms with Crippen LogP contribution in [-0.2, 0) is 24.8 Å². The number of ether oxygens (including phenoxy) is 1. The average Bonchev–Trinajstić information content (AvgIpc) is 2.82. The van der Waals surface area contributed by atoms with Crippen LogP contribution in [0.1, 0.15) is 24.0 Å². The van der Waals surface area contributed by atoms with E-state index in [2.05, 4.69) is 10.0 Å². The second-order valence-corrected chi connectivity index (χ2v) is 12.0. The molecule has 1 saturated heterocycles. The topological polar surface area (TPSA) is 122 Å². The number of aryl methyl sites for hydroxylation is 2. The predicted octanol–water partition coefficient (Wildman–Crippen LogP) is 1.81. The van der Waals surface area contributed by atoms with Crippen molar-refractivity contribution in [2.45, 2.75) is 36.5 Å². The molecule has 1 heterocycles.